The molecule has 2 N–H and O–H groups in total. The van der Waals surface area contributed by atoms with Crippen LogP contribution in [0.3, 0.4) is 0 Å². The minimum absolute atomic E-state index is 0.0391. The van der Waals surface area contributed by atoms with E-state index in [0.717, 1.165) is 49.3 Å². The zero-order valence-corrected chi connectivity index (χ0v) is 18.6. The highest BCUT2D eigenvalue weighted by Gasteiger charge is 2.25. The number of carbonyl (C=O) groups is 2. The summed E-state index contributed by atoms with van der Waals surface area (Å²) in [6, 6.07) is 8.65. The van der Waals surface area contributed by atoms with Crippen LogP contribution in [0.5, 0.6) is 11.6 Å². The van der Waals surface area contributed by atoms with Crippen molar-refractivity contribution in [2.24, 2.45) is 0 Å². The highest BCUT2D eigenvalue weighted by molar-refractivity contribution is 7.98. The predicted octanol–water partition coefficient (Wildman–Crippen LogP) is 4.69. The second-order valence-electron chi connectivity index (χ2n) is 7.63. The molecular formula is C23H28FN3O3S. The van der Waals surface area contributed by atoms with Crippen molar-refractivity contribution in [3.05, 3.63) is 47.9 Å². The van der Waals surface area contributed by atoms with E-state index in [-0.39, 0.29) is 29.4 Å². The Morgan fingerprint density at radius 3 is 2.55 bits per heavy atom. The van der Waals surface area contributed by atoms with Crippen molar-refractivity contribution in [2.45, 2.75) is 62.4 Å². The molecule has 1 heterocycles. The van der Waals surface area contributed by atoms with Crippen molar-refractivity contribution in [2.75, 3.05) is 6.26 Å². The van der Waals surface area contributed by atoms with Crippen LogP contribution >= 0.6 is 11.8 Å². The lowest BCUT2D eigenvalue weighted by Gasteiger charge is -2.29. The number of aromatic nitrogens is 1. The average Bonchev–Trinajstić information content (AvgIpc) is 2.76. The van der Waals surface area contributed by atoms with E-state index in [4.69, 9.17) is 4.74 Å². The normalized spacial score (nSPS) is 18.3. The van der Waals surface area contributed by atoms with Crippen LogP contribution < -0.4 is 15.4 Å². The summed E-state index contributed by atoms with van der Waals surface area (Å²) in [6.07, 6.45) is 7.44. The smallest absolute Gasteiger partial charge is 0.257 e. The molecule has 1 aromatic carbocycles. The first-order valence-electron chi connectivity index (χ1n) is 10.6. The van der Waals surface area contributed by atoms with Gasteiger partial charge in [0, 0.05) is 23.4 Å². The predicted molar refractivity (Wildman–Crippen MR) is 119 cm³/mol. The van der Waals surface area contributed by atoms with Gasteiger partial charge in [0.15, 0.2) is 0 Å². The topological polar surface area (TPSA) is 80.3 Å². The van der Waals surface area contributed by atoms with Crippen LogP contribution in [0.2, 0.25) is 0 Å². The van der Waals surface area contributed by atoms with Crippen molar-refractivity contribution in [3.63, 3.8) is 0 Å². The van der Waals surface area contributed by atoms with Crippen LogP contribution in [-0.2, 0) is 4.79 Å². The van der Waals surface area contributed by atoms with Gasteiger partial charge in [-0.15, -0.1) is 11.8 Å². The van der Waals surface area contributed by atoms with E-state index in [0.29, 0.717) is 12.2 Å². The maximum absolute atomic E-state index is 13.8. The summed E-state index contributed by atoms with van der Waals surface area (Å²) >= 11 is 1.57. The molecule has 0 unspecified atom stereocenters. The van der Waals surface area contributed by atoms with Crippen molar-refractivity contribution < 1.29 is 18.7 Å². The van der Waals surface area contributed by atoms with Crippen molar-refractivity contribution in [1.82, 2.24) is 15.6 Å². The highest BCUT2D eigenvalue weighted by atomic mass is 32.2. The van der Waals surface area contributed by atoms with Gasteiger partial charge >= 0.3 is 0 Å². The Balaban J connectivity index is 1.63. The fourth-order valence-electron chi connectivity index (χ4n) is 3.62. The number of benzene rings is 1. The van der Waals surface area contributed by atoms with Crippen LogP contribution in [0, 0.1) is 5.82 Å². The number of nitrogens with zero attached hydrogens (tertiary/aromatic N) is 1. The summed E-state index contributed by atoms with van der Waals surface area (Å²) in [5, 5.41) is 6.01. The first kappa shape index (κ1) is 23.1. The quantitative estimate of drug-likeness (QED) is 0.576. The van der Waals surface area contributed by atoms with Gasteiger partial charge < -0.3 is 15.4 Å². The van der Waals surface area contributed by atoms with Gasteiger partial charge in [-0.2, -0.15) is 0 Å². The van der Waals surface area contributed by atoms with Gasteiger partial charge in [0.05, 0.1) is 6.20 Å². The van der Waals surface area contributed by atoms with E-state index in [1.54, 1.807) is 17.8 Å². The van der Waals surface area contributed by atoms with Crippen LogP contribution in [-0.4, -0.2) is 35.1 Å². The number of rotatable bonds is 8. The summed E-state index contributed by atoms with van der Waals surface area (Å²) in [6.45, 7) is 1.98. The number of amides is 2. The van der Waals surface area contributed by atoms with E-state index < -0.39 is 11.7 Å². The molecule has 1 aliphatic rings. The molecule has 2 amide bonds. The summed E-state index contributed by atoms with van der Waals surface area (Å²) in [4.78, 5) is 29.6. The van der Waals surface area contributed by atoms with Gasteiger partial charge in [-0.05, 0) is 62.6 Å². The van der Waals surface area contributed by atoms with E-state index >= 15 is 0 Å². The van der Waals surface area contributed by atoms with E-state index in [1.807, 2.05) is 31.4 Å². The Bertz CT molecular complexity index is 917. The lowest BCUT2D eigenvalue weighted by Crippen LogP contribution is -2.43. The monoisotopic (exact) mass is 445 g/mol. The van der Waals surface area contributed by atoms with Crippen molar-refractivity contribution in [1.29, 1.82) is 0 Å². The maximum atomic E-state index is 13.8. The molecule has 2 aromatic rings. The minimum atomic E-state index is -0.599. The number of pyridine rings is 1. The molecule has 0 atom stereocenters. The second-order valence-corrected chi connectivity index (χ2v) is 8.51. The molecule has 0 saturated heterocycles. The van der Waals surface area contributed by atoms with Gasteiger partial charge in [0.1, 0.15) is 17.1 Å². The van der Waals surface area contributed by atoms with Gasteiger partial charge in [0.25, 0.3) is 5.91 Å². The Labute approximate surface area is 186 Å². The second kappa shape index (κ2) is 11.1. The van der Waals surface area contributed by atoms with Crippen LogP contribution in [0.4, 0.5) is 4.39 Å². The minimum Gasteiger partial charge on any atom is -0.438 e. The Morgan fingerprint density at radius 2 is 1.87 bits per heavy atom. The van der Waals surface area contributed by atoms with E-state index in [2.05, 4.69) is 15.6 Å². The summed E-state index contributed by atoms with van der Waals surface area (Å²) in [5.74, 6) is -0.339. The Morgan fingerprint density at radius 1 is 1.16 bits per heavy atom. The number of hydrogen-bond acceptors (Lipinski definition) is 5. The van der Waals surface area contributed by atoms with Gasteiger partial charge in [-0.25, -0.2) is 9.37 Å². The summed E-state index contributed by atoms with van der Waals surface area (Å²) in [5.41, 5.74) is 0.0629. The number of ether oxygens (including phenoxy) is 1. The third-order valence-corrected chi connectivity index (χ3v) is 5.95. The van der Waals surface area contributed by atoms with Crippen LogP contribution in [0.15, 0.2) is 41.4 Å². The Kier molecular flexibility index (Phi) is 8.28. The van der Waals surface area contributed by atoms with Crippen LogP contribution in [0.1, 0.15) is 55.8 Å². The lowest BCUT2D eigenvalue weighted by molar-refractivity contribution is -0.122. The molecule has 1 aliphatic carbocycles. The molecule has 6 nitrogen and oxygen atoms in total. The SMILES string of the molecule is CCCC(=O)NC1CCC(NC(=O)c2cc(F)cnc2Oc2cccc(SC)c2)CC1. The third kappa shape index (κ3) is 6.69. The summed E-state index contributed by atoms with van der Waals surface area (Å²) < 4.78 is 19.6. The molecule has 1 fully saturated rings. The van der Waals surface area contributed by atoms with Gasteiger partial charge in [0.2, 0.25) is 11.8 Å². The number of halogens is 1. The van der Waals surface area contributed by atoms with Crippen molar-refractivity contribution in [3.8, 4) is 11.6 Å². The van der Waals surface area contributed by atoms with Gasteiger partial charge in [-0.3, -0.25) is 9.59 Å². The molecule has 0 spiro atoms. The summed E-state index contributed by atoms with van der Waals surface area (Å²) in [7, 11) is 0. The fourth-order valence-corrected chi connectivity index (χ4v) is 4.07. The zero-order chi connectivity index (χ0) is 22.2. The standard InChI is InChI=1S/C23H28FN3O3S/c1-3-5-21(28)26-16-8-10-17(11-9-16)27-22(29)20-12-15(24)14-25-23(20)30-18-6-4-7-19(13-18)31-2/h4,6-7,12-14,16-17H,3,5,8-11H2,1-2H3,(H,26,28)(H,27,29). The fraction of sp³-hybridized carbons (Fsp3) is 0.435. The van der Waals surface area contributed by atoms with E-state index in [9.17, 15) is 14.0 Å². The molecule has 0 bridgehead atoms. The molecule has 1 aromatic heterocycles. The molecule has 0 aliphatic heterocycles. The molecule has 3 rings (SSSR count). The lowest BCUT2D eigenvalue weighted by atomic mass is 9.91. The van der Waals surface area contributed by atoms with E-state index in [1.165, 1.54) is 0 Å². The molecule has 1 saturated carbocycles. The average molecular weight is 446 g/mol. The third-order valence-electron chi connectivity index (χ3n) is 5.22. The molecule has 8 heteroatoms. The largest absolute Gasteiger partial charge is 0.438 e. The zero-order valence-electron chi connectivity index (χ0n) is 17.8. The first-order chi connectivity index (χ1) is 15.0. The first-order valence-corrected chi connectivity index (χ1v) is 11.8. The molecule has 166 valence electrons. The number of thioether (sulfide) groups is 1. The number of nitrogens with one attached hydrogen (secondary N) is 2. The Hall–Kier alpha value is -2.61. The molecular weight excluding hydrogens is 417 g/mol. The maximum Gasteiger partial charge on any atom is 0.257 e. The highest BCUT2D eigenvalue weighted by Crippen LogP contribution is 2.27. The van der Waals surface area contributed by atoms with Crippen molar-refractivity contribution >= 4 is 23.6 Å². The number of hydrogen-bond donors (Lipinski definition) is 2. The number of carbonyl (C=O) groups excluding carboxylic acids is 2. The molecule has 31 heavy (non-hydrogen) atoms. The van der Waals surface area contributed by atoms with Crippen LogP contribution in [0.25, 0.3) is 0 Å². The molecule has 0 radical (unpaired) electrons. The van der Waals surface area contributed by atoms with Gasteiger partial charge in [-0.1, -0.05) is 13.0 Å².